The number of rotatable bonds is 8. The summed E-state index contributed by atoms with van der Waals surface area (Å²) in [4.78, 5) is 16.0. The highest BCUT2D eigenvalue weighted by molar-refractivity contribution is 5.92. The maximum atomic E-state index is 11.8. The molecule has 0 fully saturated rings. The van der Waals surface area contributed by atoms with Crippen molar-refractivity contribution >= 4 is 11.6 Å². The first-order valence-corrected chi connectivity index (χ1v) is 7.84. The van der Waals surface area contributed by atoms with Gasteiger partial charge in [-0.25, -0.2) is 4.98 Å². The Morgan fingerprint density at radius 3 is 2.70 bits per heavy atom. The molecule has 2 aromatic rings. The van der Waals surface area contributed by atoms with Crippen molar-refractivity contribution in [1.29, 1.82) is 0 Å². The first kappa shape index (κ1) is 16.8. The number of hydrogen-bond donors (Lipinski definition) is 2. The van der Waals surface area contributed by atoms with Crippen LogP contribution < -0.4 is 15.4 Å². The number of methoxy groups -OCH3 is 1. The number of benzene rings is 1. The first-order valence-electron chi connectivity index (χ1n) is 7.84. The summed E-state index contributed by atoms with van der Waals surface area (Å²) in [6, 6.07) is 11.6. The normalized spacial score (nSPS) is 10.2. The van der Waals surface area contributed by atoms with Crippen LogP contribution in [0.3, 0.4) is 0 Å². The maximum Gasteiger partial charge on any atom is 0.269 e. The van der Waals surface area contributed by atoms with E-state index in [0.29, 0.717) is 12.2 Å². The van der Waals surface area contributed by atoms with Crippen LogP contribution >= 0.6 is 0 Å². The molecule has 0 unspecified atom stereocenters. The van der Waals surface area contributed by atoms with Gasteiger partial charge in [0.15, 0.2) is 0 Å². The minimum atomic E-state index is -0.132. The summed E-state index contributed by atoms with van der Waals surface area (Å²) >= 11 is 0. The fourth-order valence-corrected chi connectivity index (χ4v) is 2.21. The van der Waals surface area contributed by atoms with Gasteiger partial charge >= 0.3 is 0 Å². The second kappa shape index (κ2) is 8.78. The monoisotopic (exact) mass is 313 g/mol. The summed E-state index contributed by atoms with van der Waals surface area (Å²) in [7, 11) is 1.68. The zero-order chi connectivity index (χ0) is 16.5. The van der Waals surface area contributed by atoms with E-state index in [-0.39, 0.29) is 5.91 Å². The molecule has 5 heteroatoms. The van der Waals surface area contributed by atoms with Gasteiger partial charge in [0.05, 0.1) is 19.0 Å². The smallest absolute Gasteiger partial charge is 0.269 e. The molecular weight excluding hydrogens is 290 g/mol. The number of para-hydroxylation sites is 1. The number of amides is 1. The second-order valence-corrected chi connectivity index (χ2v) is 5.18. The predicted molar refractivity (Wildman–Crippen MR) is 92.0 cm³/mol. The van der Waals surface area contributed by atoms with Crippen molar-refractivity contribution < 1.29 is 9.53 Å². The highest BCUT2D eigenvalue weighted by Crippen LogP contribution is 2.17. The van der Waals surface area contributed by atoms with Crippen LogP contribution in [-0.2, 0) is 6.42 Å². The van der Waals surface area contributed by atoms with E-state index in [0.717, 1.165) is 36.4 Å². The third kappa shape index (κ3) is 4.98. The molecule has 5 nitrogen and oxygen atoms in total. The lowest BCUT2D eigenvalue weighted by atomic mass is 10.1. The number of hydrogen-bond acceptors (Lipinski definition) is 4. The van der Waals surface area contributed by atoms with E-state index < -0.39 is 0 Å². The zero-order valence-electron chi connectivity index (χ0n) is 13.6. The maximum absolute atomic E-state index is 11.8. The van der Waals surface area contributed by atoms with Crippen LogP contribution in [0.25, 0.3) is 0 Å². The molecule has 0 saturated heterocycles. The van der Waals surface area contributed by atoms with Gasteiger partial charge in [0.1, 0.15) is 11.4 Å². The molecule has 0 aliphatic heterocycles. The van der Waals surface area contributed by atoms with Crippen LogP contribution in [-0.4, -0.2) is 31.1 Å². The van der Waals surface area contributed by atoms with E-state index in [9.17, 15) is 4.79 Å². The van der Waals surface area contributed by atoms with Crippen molar-refractivity contribution in [2.24, 2.45) is 0 Å². The van der Waals surface area contributed by atoms with Gasteiger partial charge in [-0.3, -0.25) is 4.79 Å². The molecule has 0 spiro atoms. The van der Waals surface area contributed by atoms with E-state index in [2.05, 4.69) is 21.7 Å². The quantitative estimate of drug-likeness (QED) is 0.786. The van der Waals surface area contributed by atoms with Crippen LogP contribution in [0.1, 0.15) is 29.4 Å². The Kier molecular flexibility index (Phi) is 6.41. The lowest BCUT2D eigenvalue weighted by molar-refractivity contribution is 0.0949. The van der Waals surface area contributed by atoms with E-state index in [4.69, 9.17) is 4.74 Å². The van der Waals surface area contributed by atoms with Gasteiger partial charge in [-0.1, -0.05) is 25.1 Å². The topological polar surface area (TPSA) is 63.2 Å². The van der Waals surface area contributed by atoms with Crippen molar-refractivity contribution in [1.82, 2.24) is 10.3 Å². The van der Waals surface area contributed by atoms with Gasteiger partial charge in [-0.2, -0.15) is 0 Å². The number of pyridine rings is 1. The van der Waals surface area contributed by atoms with Gasteiger partial charge < -0.3 is 15.4 Å². The number of carbonyl (C=O) groups excluding carboxylic acids is 1. The molecule has 1 heterocycles. The molecule has 2 rings (SSSR count). The standard InChI is InChI=1S/C18H23N3O2/c1-3-11-20-18(22)16-9-8-15(13-21-16)19-12-10-14-6-4-5-7-17(14)23-2/h4-9,13,19H,3,10-12H2,1-2H3,(H,20,22). The van der Waals surface area contributed by atoms with Crippen LogP contribution in [0.4, 0.5) is 5.69 Å². The Morgan fingerprint density at radius 1 is 1.17 bits per heavy atom. The molecule has 122 valence electrons. The van der Waals surface area contributed by atoms with Crippen molar-refractivity contribution in [2.75, 3.05) is 25.5 Å². The minimum Gasteiger partial charge on any atom is -0.496 e. The van der Waals surface area contributed by atoms with Gasteiger partial charge in [0, 0.05) is 13.1 Å². The molecule has 1 aromatic carbocycles. The summed E-state index contributed by atoms with van der Waals surface area (Å²) in [6.07, 6.45) is 3.44. The number of ether oxygens (including phenoxy) is 1. The van der Waals surface area contributed by atoms with Crippen LogP contribution in [0, 0.1) is 0 Å². The SMILES string of the molecule is CCCNC(=O)c1ccc(NCCc2ccccc2OC)cn1. The van der Waals surface area contributed by atoms with E-state index >= 15 is 0 Å². The van der Waals surface area contributed by atoms with Gasteiger partial charge in [0.25, 0.3) is 5.91 Å². The molecule has 2 N–H and O–H groups in total. The number of aromatic nitrogens is 1. The summed E-state index contributed by atoms with van der Waals surface area (Å²) in [5, 5.41) is 6.11. The van der Waals surface area contributed by atoms with Gasteiger partial charge in [-0.15, -0.1) is 0 Å². The van der Waals surface area contributed by atoms with Gasteiger partial charge in [0.2, 0.25) is 0 Å². The average molecular weight is 313 g/mol. The number of nitrogens with zero attached hydrogens (tertiary/aromatic N) is 1. The highest BCUT2D eigenvalue weighted by Gasteiger charge is 2.06. The van der Waals surface area contributed by atoms with E-state index in [1.807, 2.05) is 31.2 Å². The summed E-state index contributed by atoms with van der Waals surface area (Å²) in [5.74, 6) is 0.766. The Balaban J connectivity index is 1.85. The molecular formula is C18H23N3O2. The molecule has 1 aromatic heterocycles. The second-order valence-electron chi connectivity index (χ2n) is 5.18. The van der Waals surface area contributed by atoms with E-state index in [1.165, 1.54) is 0 Å². The third-order valence-electron chi connectivity index (χ3n) is 3.45. The summed E-state index contributed by atoms with van der Waals surface area (Å²) in [5.41, 5.74) is 2.49. The van der Waals surface area contributed by atoms with Crippen LogP contribution in [0.15, 0.2) is 42.6 Å². The third-order valence-corrected chi connectivity index (χ3v) is 3.45. The molecule has 0 aliphatic rings. The fraction of sp³-hybridized carbons (Fsp3) is 0.333. The lowest BCUT2D eigenvalue weighted by Gasteiger charge is -2.10. The summed E-state index contributed by atoms with van der Waals surface area (Å²) < 4.78 is 5.34. The van der Waals surface area contributed by atoms with Gasteiger partial charge in [-0.05, 0) is 36.6 Å². The predicted octanol–water partition coefficient (Wildman–Crippen LogP) is 2.88. The zero-order valence-corrected chi connectivity index (χ0v) is 13.6. The van der Waals surface area contributed by atoms with Crippen molar-refractivity contribution in [3.63, 3.8) is 0 Å². The van der Waals surface area contributed by atoms with E-state index in [1.54, 1.807) is 19.4 Å². The summed E-state index contributed by atoms with van der Waals surface area (Å²) in [6.45, 7) is 3.45. The minimum absolute atomic E-state index is 0.132. The Bertz CT molecular complexity index is 626. The molecule has 0 atom stereocenters. The number of anilines is 1. The molecule has 0 saturated carbocycles. The van der Waals surface area contributed by atoms with Crippen LogP contribution in [0.5, 0.6) is 5.75 Å². The molecule has 0 aliphatic carbocycles. The molecule has 0 bridgehead atoms. The lowest BCUT2D eigenvalue weighted by Crippen LogP contribution is -2.24. The molecule has 0 radical (unpaired) electrons. The fourth-order valence-electron chi connectivity index (χ4n) is 2.21. The molecule has 23 heavy (non-hydrogen) atoms. The number of carbonyl (C=O) groups is 1. The van der Waals surface area contributed by atoms with Crippen molar-refractivity contribution in [2.45, 2.75) is 19.8 Å². The number of nitrogens with one attached hydrogen (secondary N) is 2. The van der Waals surface area contributed by atoms with Crippen molar-refractivity contribution in [3.8, 4) is 5.75 Å². The van der Waals surface area contributed by atoms with Crippen LogP contribution in [0.2, 0.25) is 0 Å². The Hall–Kier alpha value is -2.56. The van der Waals surface area contributed by atoms with Crippen molar-refractivity contribution in [3.05, 3.63) is 53.9 Å². The first-order chi connectivity index (χ1) is 11.2. The largest absolute Gasteiger partial charge is 0.496 e. The molecule has 1 amide bonds. The Labute approximate surface area is 137 Å². The Morgan fingerprint density at radius 2 is 2.00 bits per heavy atom. The average Bonchev–Trinajstić information content (AvgIpc) is 2.60. The highest BCUT2D eigenvalue weighted by atomic mass is 16.5.